The number of benzene rings is 1. The predicted molar refractivity (Wildman–Crippen MR) is 84.6 cm³/mol. The molecule has 2 aromatic rings. The molecule has 0 radical (unpaired) electrons. The number of rotatable bonds is 6. The first-order chi connectivity index (χ1) is 10.4. The Kier molecular flexibility index (Phi) is 5.20. The first-order valence-electron chi connectivity index (χ1n) is 7.27. The molecule has 21 heavy (non-hydrogen) atoms. The van der Waals surface area contributed by atoms with Crippen molar-refractivity contribution in [2.45, 2.75) is 6.54 Å². The highest BCUT2D eigenvalue weighted by atomic mass is 32.2. The second-order valence-corrected chi connectivity index (χ2v) is 6.20. The van der Waals surface area contributed by atoms with Crippen molar-refractivity contribution in [1.82, 2.24) is 30.4 Å². The largest absolute Gasteiger partial charge is 0.308 e. The lowest BCUT2D eigenvalue weighted by molar-refractivity contribution is 0.300. The zero-order valence-corrected chi connectivity index (χ0v) is 12.8. The lowest BCUT2D eigenvalue weighted by Gasteiger charge is -2.25. The molecular formula is C14H20N6S. The van der Waals surface area contributed by atoms with E-state index in [1.807, 2.05) is 42.1 Å². The Morgan fingerprint density at radius 1 is 1.14 bits per heavy atom. The molecule has 6 nitrogen and oxygen atoms in total. The number of nitrogens with zero attached hydrogens (tertiary/aromatic N) is 5. The molecule has 0 atom stereocenters. The Morgan fingerprint density at radius 2 is 1.95 bits per heavy atom. The normalized spacial score (nSPS) is 16.2. The highest BCUT2D eigenvalue weighted by Crippen LogP contribution is 2.08. The third-order valence-corrected chi connectivity index (χ3v) is 4.47. The van der Waals surface area contributed by atoms with Gasteiger partial charge in [-0.1, -0.05) is 18.2 Å². The Hall–Kier alpha value is -1.44. The van der Waals surface area contributed by atoms with E-state index in [1.54, 1.807) is 4.68 Å². The zero-order valence-electron chi connectivity index (χ0n) is 12.0. The third kappa shape index (κ3) is 4.03. The fourth-order valence-electron chi connectivity index (χ4n) is 2.35. The summed E-state index contributed by atoms with van der Waals surface area (Å²) in [5, 5.41) is 15.4. The second-order valence-electron chi connectivity index (χ2n) is 4.97. The van der Waals surface area contributed by atoms with Gasteiger partial charge in [0, 0.05) is 37.7 Å². The molecule has 2 heterocycles. The van der Waals surface area contributed by atoms with Crippen molar-refractivity contribution in [3.8, 4) is 5.69 Å². The summed E-state index contributed by atoms with van der Waals surface area (Å²) < 4.78 is 1.78. The summed E-state index contributed by atoms with van der Waals surface area (Å²) in [5.74, 6) is 3.36. The standard InChI is InChI=1S/C14H20N6S/c1-2-4-13(5-3-1)20-14(16-17-18-20)12-15-6-7-19-8-10-21-11-9-19/h1-5,15H,6-12H2. The summed E-state index contributed by atoms with van der Waals surface area (Å²) in [6, 6.07) is 9.98. The SMILES string of the molecule is c1ccc(-n2nnnc2CNCCN2CCSCC2)cc1. The molecule has 1 saturated heterocycles. The molecule has 0 spiro atoms. The highest BCUT2D eigenvalue weighted by molar-refractivity contribution is 7.99. The molecular weight excluding hydrogens is 284 g/mol. The smallest absolute Gasteiger partial charge is 0.170 e. The minimum Gasteiger partial charge on any atom is -0.308 e. The summed E-state index contributed by atoms with van der Waals surface area (Å²) in [7, 11) is 0. The van der Waals surface area contributed by atoms with Crippen LogP contribution >= 0.6 is 11.8 Å². The average molecular weight is 304 g/mol. The molecule has 1 aromatic heterocycles. The number of para-hydroxylation sites is 1. The number of thioether (sulfide) groups is 1. The molecule has 1 aliphatic rings. The van der Waals surface area contributed by atoms with Crippen LogP contribution in [0.2, 0.25) is 0 Å². The van der Waals surface area contributed by atoms with Crippen molar-refractivity contribution in [1.29, 1.82) is 0 Å². The van der Waals surface area contributed by atoms with Crippen LogP contribution in [0.25, 0.3) is 5.69 Å². The first kappa shape index (κ1) is 14.5. The van der Waals surface area contributed by atoms with E-state index in [-0.39, 0.29) is 0 Å². The molecule has 0 amide bonds. The zero-order chi connectivity index (χ0) is 14.3. The maximum Gasteiger partial charge on any atom is 0.170 e. The lowest BCUT2D eigenvalue weighted by Crippen LogP contribution is -2.37. The molecule has 1 fully saturated rings. The van der Waals surface area contributed by atoms with Gasteiger partial charge in [-0.05, 0) is 22.6 Å². The van der Waals surface area contributed by atoms with Crippen LogP contribution in [-0.2, 0) is 6.54 Å². The van der Waals surface area contributed by atoms with Gasteiger partial charge < -0.3 is 10.2 Å². The monoisotopic (exact) mass is 304 g/mol. The van der Waals surface area contributed by atoms with Gasteiger partial charge in [0.05, 0.1) is 12.2 Å². The fraction of sp³-hybridized carbons (Fsp3) is 0.500. The van der Waals surface area contributed by atoms with E-state index in [0.717, 1.165) is 24.6 Å². The summed E-state index contributed by atoms with van der Waals surface area (Å²) in [6.45, 7) is 5.15. The van der Waals surface area contributed by atoms with Crippen LogP contribution in [0.3, 0.4) is 0 Å². The maximum atomic E-state index is 4.10. The summed E-state index contributed by atoms with van der Waals surface area (Å²) in [4.78, 5) is 2.50. The van der Waals surface area contributed by atoms with Gasteiger partial charge in [0.1, 0.15) is 0 Å². The number of nitrogens with one attached hydrogen (secondary N) is 1. The van der Waals surface area contributed by atoms with Crippen LogP contribution in [0.1, 0.15) is 5.82 Å². The van der Waals surface area contributed by atoms with Gasteiger partial charge in [0.15, 0.2) is 5.82 Å². The van der Waals surface area contributed by atoms with Crippen LogP contribution < -0.4 is 5.32 Å². The van der Waals surface area contributed by atoms with Crippen molar-refractivity contribution >= 4 is 11.8 Å². The van der Waals surface area contributed by atoms with Crippen molar-refractivity contribution in [3.63, 3.8) is 0 Å². The van der Waals surface area contributed by atoms with E-state index in [4.69, 9.17) is 0 Å². The van der Waals surface area contributed by atoms with Gasteiger partial charge in [-0.15, -0.1) is 5.10 Å². The number of hydrogen-bond acceptors (Lipinski definition) is 6. The van der Waals surface area contributed by atoms with Crippen LogP contribution in [0.4, 0.5) is 0 Å². The number of tetrazole rings is 1. The summed E-state index contributed by atoms with van der Waals surface area (Å²) in [6.07, 6.45) is 0. The molecule has 7 heteroatoms. The third-order valence-electron chi connectivity index (χ3n) is 3.53. The summed E-state index contributed by atoms with van der Waals surface area (Å²) >= 11 is 2.04. The van der Waals surface area contributed by atoms with Gasteiger partial charge in [-0.2, -0.15) is 16.4 Å². The van der Waals surface area contributed by atoms with Crippen molar-refractivity contribution < 1.29 is 0 Å². The van der Waals surface area contributed by atoms with Crippen molar-refractivity contribution in [3.05, 3.63) is 36.2 Å². The van der Waals surface area contributed by atoms with Gasteiger partial charge in [-0.25, -0.2) is 0 Å². The van der Waals surface area contributed by atoms with Crippen molar-refractivity contribution in [2.75, 3.05) is 37.7 Å². The highest BCUT2D eigenvalue weighted by Gasteiger charge is 2.10. The Labute approximate surface area is 128 Å². The molecule has 0 unspecified atom stereocenters. The van der Waals surface area contributed by atoms with Crippen molar-refractivity contribution in [2.24, 2.45) is 0 Å². The Bertz CT molecular complexity index is 537. The van der Waals surface area contributed by atoms with Gasteiger partial charge in [-0.3, -0.25) is 0 Å². The van der Waals surface area contributed by atoms with E-state index in [1.165, 1.54) is 24.6 Å². The maximum absolute atomic E-state index is 4.10. The quantitative estimate of drug-likeness (QED) is 0.797. The average Bonchev–Trinajstić information content (AvgIpc) is 3.02. The van der Waals surface area contributed by atoms with E-state index in [0.29, 0.717) is 6.54 Å². The van der Waals surface area contributed by atoms with Gasteiger partial charge >= 0.3 is 0 Å². The number of hydrogen-bond donors (Lipinski definition) is 1. The molecule has 0 saturated carbocycles. The Morgan fingerprint density at radius 3 is 2.76 bits per heavy atom. The minimum absolute atomic E-state index is 0.685. The molecule has 0 bridgehead atoms. The van der Waals surface area contributed by atoms with Gasteiger partial charge in [0.25, 0.3) is 0 Å². The molecule has 1 N–H and O–H groups in total. The first-order valence-corrected chi connectivity index (χ1v) is 8.42. The molecule has 3 rings (SSSR count). The molecule has 112 valence electrons. The molecule has 1 aliphatic heterocycles. The van der Waals surface area contributed by atoms with Crippen LogP contribution in [-0.4, -0.2) is 62.8 Å². The summed E-state index contributed by atoms with van der Waals surface area (Å²) in [5.41, 5.74) is 0.993. The van der Waals surface area contributed by atoms with E-state index in [2.05, 4.69) is 25.7 Å². The predicted octanol–water partition coefficient (Wildman–Crippen LogP) is 0.801. The fourth-order valence-corrected chi connectivity index (χ4v) is 3.33. The van der Waals surface area contributed by atoms with Gasteiger partial charge in [0.2, 0.25) is 0 Å². The van der Waals surface area contributed by atoms with E-state index in [9.17, 15) is 0 Å². The Balaban J connectivity index is 1.49. The minimum atomic E-state index is 0.685. The van der Waals surface area contributed by atoms with E-state index >= 15 is 0 Å². The second kappa shape index (κ2) is 7.53. The lowest BCUT2D eigenvalue weighted by atomic mass is 10.3. The van der Waals surface area contributed by atoms with Crippen LogP contribution in [0.5, 0.6) is 0 Å². The van der Waals surface area contributed by atoms with E-state index < -0.39 is 0 Å². The molecule has 0 aliphatic carbocycles. The molecule has 1 aromatic carbocycles. The van der Waals surface area contributed by atoms with Crippen LogP contribution in [0.15, 0.2) is 30.3 Å². The van der Waals surface area contributed by atoms with Crippen LogP contribution in [0, 0.1) is 0 Å². The number of aromatic nitrogens is 4. The topological polar surface area (TPSA) is 58.9 Å².